The summed E-state index contributed by atoms with van der Waals surface area (Å²) >= 11 is 0. The predicted octanol–water partition coefficient (Wildman–Crippen LogP) is 3.08. The number of hydrogen-bond donors (Lipinski definition) is 3. The van der Waals surface area contributed by atoms with Crippen LogP contribution in [-0.2, 0) is 28.7 Å². The highest BCUT2D eigenvalue weighted by Crippen LogP contribution is 2.61. The second-order valence-corrected chi connectivity index (χ2v) is 11.5. The number of esters is 2. The number of ether oxygens (including phenoxy) is 2. The molecule has 2 fully saturated rings. The van der Waals surface area contributed by atoms with Crippen molar-refractivity contribution in [3.63, 3.8) is 0 Å². The van der Waals surface area contributed by atoms with E-state index in [1.165, 1.54) is 20.1 Å². The van der Waals surface area contributed by atoms with E-state index >= 15 is 0 Å². The van der Waals surface area contributed by atoms with E-state index in [1.54, 1.807) is 20.8 Å². The van der Waals surface area contributed by atoms with Gasteiger partial charge in [0.1, 0.15) is 5.60 Å². The van der Waals surface area contributed by atoms with Crippen LogP contribution in [0.1, 0.15) is 67.2 Å². The summed E-state index contributed by atoms with van der Waals surface area (Å²) in [5, 5.41) is 32.0. The highest BCUT2D eigenvalue weighted by Gasteiger charge is 2.68. The SMILES string of the molecule is CC[C@@H](COC(=O)C/C(C)=C/C(=O)OC)[C@@H]1[C@](C)(C(=O)/C=C\O)[C@H]2[C@H](C)C[C@@](C)(O)C[C@@H]2C(=O)[C@@]1(C)O. The zero-order valence-corrected chi connectivity index (χ0v) is 22.9. The zero-order valence-electron chi connectivity index (χ0n) is 22.9. The van der Waals surface area contributed by atoms with Crippen molar-refractivity contribution in [1.29, 1.82) is 0 Å². The summed E-state index contributed by atoms with van der Waals surface area (Å²) in [5.41, 5.74) is -3.91. The molecule has 2 rings (SSSR count). The molecule has 9 nitrogen and oxygen atoms in total. The molecule has 37 heavy (non-hydrogen) atoms. The lowest BCUT2D eigenvalue weighted by Gasteiger charge is -2.61. The molecule has 0 bridgehead atoms. The smallest absolute Gasteiger partial charge is 0.330 e. The first-order valence-electron chi connectivity index (χ1n) is 12.8. The van der Waals surface area contributed by atoms with Crippen LogP contribution in [0.4, 0.5) is 0 Å². The quantitative estimate of drug-likeness (QED) is 0.236. The minimum Gasteiger partial charge on any atom is -0.515 e. The van der Waals surface area contributed by atoms with Crippen molar-refractivity contribution in [2.45, 2.75) is 78.4 Å². The molecule has 8 atom stereocenters. The molecule has 0 saturated heterocycles. The molecule has 9 heteroatoms. The average molecular weight is 523 g/mol. The molecular formula is C28H42O9. The third-order valence-electron chi connectivity index (χ3n) is 8.45. The summed E-state index contributed by atoms with van der Waals surface area (Å²) in [4.78, 5) is 51.3. The number of carbonyl (C=O) groups is 4. The number of methoxy groups -OCH3 is 1. The lowest BCUT2D eigenvalue weighted by Crippen LogP contribution is -2.69. The van der Waals surface area contributed by atoms with E-state index in [4.69, 9.17) is 4.74 Å². The van der Waals surface area contributed by atoms with Crippen LogP contribution in [0.15, 0.2) is 24.0 Å². The Hall–Kier alpha value is -2.52. The largest absolute Gasteiger partial charge is 0.515 e. The third-order valence-corrected chi connectivity index (χ3v) is 8.45. The molecule has 0 radical (unpaired) electrons. The second-order valence-electron chi connectivity index (χ2n) is 11.5. The number of aliphatic hydroxyl groups excluding tert-OH is 1. The average Bonchev–Trinajstić information content (AvgIpc) is 2.78. The van der Waals surface area contributed by atoms with E-state index < -0.39 is 63.8 Å². The van der Waals surface area contributed by atoms with Gasteiger partial charge in [0, 0.05) is 29.4 Å². The second kappa shape index (κ2) is 11.5. The van der Waals surface area contributed by atoms with Gasteiger partial charge in [-0.2, -0.15) is 0 Å². The highest BCUT2D eigenvalue weighted by atomic mass is 16.5. The van der Waals surface area contributed by atoms with Crippen molar-refractivity contribution >= 4 is 23.5 Å². The van der Waals surface area contributed by atoms with Gasteiger partial charge in [-0.25, -0.2) is 4.79 Å². The van der Waals surface area contributed by atoms with E-state index in [0.717, 1.165) is 6.08 Å². The maximum atomic E-state index is 13.7. The fraction of sp³-hybridized carbons (Fsp3) is 0.714. The number of hydrogen-bond acceptors (Lipinski definition) is 9. The van der Waals surface area contributed by atoms with E-state index in [2.05, 4.69) is 4.74 Å². The molecule has 2 aliphatic carbocycles. The Morgan fingerprint density at radius 2 is 1.78 bits per heavy atom. The number of carbonyl (C=O) groups excluding carboxylic acids is 4. The van der Waals surface area contributed by atoms with Gasteiger partial charge in [-0.1, -0.05) is 26.3 Å². The van der Waals surface area contributed by atoms with Gasteiger partial charge in [-0.3, -0.25) is 14.4 Å². The molecule has 0 amide bonds. The zero-order chi connectivity index (χ0) is 28.3. The standard InChI is InChI=1S/C28H42O9/c1-8-18(15-37-22(32)12-16(2)11-21(31)36-7)24-27(5,20(30)9-10-29)23-17(3)13-26(4,34)14-19(23)25(33)28(24,6)35/h9-11,17-19,23-24,29,34-35H,8,12-15H2,1-7H3/b10-9-,16-11+/t17-,18+,19+,23+,24-,26-,27-,28+/m1/s1. The highest BCUT2D eigenvalue weighted by molar-refractivity contribution is 6.00. The molecule has 208 valence electrons. The van der Waals surface area contributed by atoms with Gasteiger partial charge >= 0.3 is 11.9 Å². The van der Waals surface area contributed by atoms with Crippen LogP contribution in [0.5, 0.6) is 0 Å². The minimum atomic E-state index is -1.95. The lowest BCUT2D eigenvalue weighted by molar-refractivity contribution is -0.206. The molecule has 2 saturated carbocycles. The van der Waals surface area contributed by atoms with Crippen molar-refractivity contribution in [2.75, 3.05) is 13.7 Å². The molecule has 0 unspecified atom stereocenters. The lowest BCUT2D eigenvalue weighted by atomic mass is 9.42. The van der Waals surface area contributed by atoms with Crippen LogP contribution in [0.25, 0.3) is 0 Å². The van der Waals surface area contributed by atoms with Gasteiger partial charge in [0.15, 0.2) is 11.6 Å². The molecule has 2 aliphatic rings. The molecule has 0 aromatic heterocycles. The predicted molar refractivity (Wildman–Crippen MR) is 135 cm³/mol. The van der Waals surface area contributed by atoms with Crippen molar-refractivity contribution in [3.05, 3.63) is 24.0 Å². The fourth-order valence-electron chi connectivity index (χ4n) is 7.24. The monoisotopic (exact) mass is 522 g/mol. The Morgan fingerprint density at radius 3 is 2.32 bits per heavy atom. The normalized spacial score (nSPS) is 37.1. The topological polar surface area (TPSA) is 147 Å². The number of fused-ring (bicyclic) bond motifs is 1. The Kier molecular flexibility index (Phi) is 9.52. The van der Waals surface area contributed by atoms with Gasteiger partial charge in [-0.15, -0.1) is 0 Å². The van der Waals surface area contributed by atoms with Gasteiger partial charge < -0.3 is 24.8 Å². The van der Waals surface area contributed by atoms with E-state index in [0.29, 0.717) is 24.7 Å². The first-order valence-corrected chi connectivity index (χ1v) is 12.8. The maximum absolute atomic E-state index is 13.7. The van der Waals surface area contributed by atoms with Crippen LogP contribution in [0, 0.1) is 35.0 Å². The Labute approximate surface area is 218 Å². The number of aliphatic hydroxyl groups is 3. The van der Waals surface area contributed by atoms with Crippen molar-refractivity contribution in [2.24, 2.45) is 35.0 Å². The first kappa shape index (κ1) is 30.7. The summed E-state index contributed by atoms with van der Waals surface area (Å²) in [5.74, 6) is -5.02. The van der Waals surface area contributed by atoms with Gasteiger partial charge in [0.05, 0.1) is 32.0 Å². The van der Waals surface area contributed by atoms with E-state index in [-0.39, 0.29) is 25.4 Å². The molecule has 0 heterocycles. The number of allylic oxidation sites excluding steroid dienone is 1. The molecule has 3 N–H and O–H groups in total. The van der Waals surface area contributed by atoms with Crippen molar-refractivity contribution in [1.82, 2.24) is 0 Å². The van der Waals surface area contributed by atoms with Crippen LogP contribution in [-0.4, -0.2) is 63.7 Å². The Morgan fingerprint density at radius 1 is 1.16 bits per heavy atom. The van der Waals surface area contributed by atoms with Crippen LogP contribution in [0.3, 0.4) is 0 Å². The number of rotatable bonds is 9. The molecule has 0 spiro atoms. The van der Waals surface area contributed by atoms with Gasteiger partial charge in [-0.05, 0) is 57.8 Å². The summed E-state index contributed by atoms with van der Waals surface area (Å²) in [6.07, 6.45) is 3.65. The third kappa shape index (κ3) is 6.14. The summed E-state index contributed by atoms with van der Waals surface area (Å²) in [7, 11) is 1.23. The summed E-state index contributed by atoms with van der Waals surface area (Å²) < 4.78 is 10.1. The van der Waals surface area contributed by atoms with Crippen LogP contribution >= 0.6 is 0 Å². The number of ketones is 2. The first-order chi connectivity index (χ1) is 17.1. The molecule has 0 aromatic carbocycles. The van der Waals surface area contributed by atoms with Crippen molar-refractivity contribution < 1.29 is 44.0 Å². The van der Waals surface area contributed by atoms with Gasteiger partial charge in [0.2, 0.25) is 0 Å². The van der Waals surface area contributed by atoms with Gasteiger partial charge in [0.25, 0.3) is 0 Å². The fourth-order valence-corrected chi connectivity index (χ4v) is 7.24. The van der Waals surface area contributed by atoms with E-state index in [1.807, 2.05) is 13.8 Å². The van der Waals surface area contributed by atoms with E-state index in [9.17, 15) is 34.5 Å². The summed E-state index contributed by atoms with van der Waals surface area (Å²) in [6, 6.07) is 0. The van der Waals surface area contributed by atoms with Crippen molar-refractivity contribution in [3.8, 4) is 0 Å². The number of Topliss-reactive ketones (excluding diaryl/α,β-unsaturated/α-hetero) is 1. The summed E-state index contributed by atoms with van der Waals surface area (Å²) in [6.45, 7) is 9.93. The van der Waals surface area contributed by atoms with Crippen LogP contribution < -0.4 is 0 Å². The molecule has 0 aliphatic heterocycles. The Balaban J connectivity index is 2.48. The minimum absolute atomic E-state index is 0.118. The molecular weight excluding hydrogens is 480 g/mol. The van der Waals surface area contributed by atoms with Crippen LogP contribution in [0.2, 0.25) is 0 Å². The Bertz CT molecular complexity index is 961. The maximum Gasteiger partial charge on any atom is 0.330 e. The molecule has 0 aromatic rings.